The highest BCUT2D eigenvalue weighted by Crippen LogP contribution is 2.26. The van der Waals surface area contributed by atoms with Crippen LogP contribution in [0.25, 0.3) is 0 Å². The van der Waals surface area contributed by atoms with Crippen molar-refractivity contribution < 1.29 is 17.2 Å². The molecule has 0 aliphatic rings. The Balaban J connectivity index is 4.30. The second kappa shape index (κ2) is 13.2. The molecule has 3 atom stereocenters. The summed E-state index contributed by atoms with van der Waals surface area (Å²) in [5.41, 5.74) is 0. The first kappa shape index (κ1) is 22.9. The van der Waals surface area contributed by atoms with Gasteiger partial charge in [0.25, 0.3) is 0 Å². The van der Waals surface area contributed by atoms with Gasteiger partial charge in [0.2, 0.25) is 0 Å². The molecule has 0 aliphatic heterocycles. The molecule has 0 radical (unpaired) electrons. The molecule has 5 heteroatoms. The molecule has 0 saturated heterocycles. The van der Waals surface area contributed by atoms with Gasteiger partial charge in [-0.15, -0.1) is 0 Å². The summed E-state index contributed by atoms with van der Waals surface area (Å²) < 4.78 is 35.2. The largest absolute Gasteiger partial charge is 0.397 e. The van der Waals surface area contributed by atoms with Gasteiger partial charge in [0.05, 0.1) is 6.61 Å². The fourth-order valence-electron chi connectivity index (χ4n) is 3.38. The van der Waals surface area contributed by atoms with Crippen molar-refractivity contribution in [1.82, 2.24) is 0 Å². The smallest absolute Gasteiger partial charge is 0.264 e. The van der Waals surface area contributed by atoms with Crippen molar-refractivity contribution in [2.75, 3.05) is 6.61 Å². The lowest BCUT2D eigenvalue weighted by atomic mass is 9.86. The first-order valence-corrected chi connectivity index (χ1v) is 10.8. The normalized spacial score (nSPS) is 16.2. The van der Waals surface area contributed by atoms with Crippen molar-refractivity contribution in [3.05, 3.63) is 0 Å². The van der Waals surface area contributed by atoms with Crippen molar-refractivity contribution in [3.8, 4) is 0 Å². The third-order valence-electron chi connectivity index (χ3n) is 4.73. The van der Waals surface area contributed by atoms with Crippen LogP contribution >= 0.6 is 0 Å². The van der Waals surface area contributed by atoms with Crippen molar-refractivity contribution in [3.63, 3.8) is 0 Å². The molecule has 0 amide bonds. The van der Waals surface area contributed by atoms with E-state index in [9.17, 15) is 8.42 Å². The number of hydrogen-bond acceptors (Lipinski definition) is 3. The van der Waals surface area contributed by atoms with E-state index in [1.165, 1.54) is 32.1 Å². The lowest BCUT2D eigenvalue weighted by Gasteiger charge is -2.22. The molecule has 0 bridgehead atoms. The van der Waals surface area contributed by atoms with Crippen LogP contribution < -0.4 is 0 Å². The second-order valence-corrected chi connectivity index (χ2v) is 8.15. The van der Waals surface area contributed by atoms with Gasteiger partial charge in [-0.3, -0.25) is 4.55 Å². The molecule has 0 saturated carbocycles. The molecule has 140 valence electrons. The summed E-state index contributed by atoms with van der Waals surface area (Å²) in [6.07, 6.45) is 11.5. The highest BCUT2D eigenvalue weighted by molar-refractivity contribution is 7.80. The Morgan fingerprint density at radius 2 is 1.52 bits per heavy atom. The predicted molar refractivity (Wildman–Crippen MR) is 96.8 cm³/mol. The minimum Gasteiger partial charge on any atom is -0.264 e. The number of unbranched alkanes of at least 4 members (excludes halogenated alkanes) is 1. The average Bonchev–Trinajstić information content (AvgIpc) is 2.47. The van der Waals surface area contributed by atoms with Crippen LogP contribution in [0.3, 0.4) is 0 Å². The summed E-state index contributed by atoms with van der Waals surface area (Å²) in [7, 11) is -4.33. The Kier molecular flexibility index (Phi) is 13.1. The monoisotopic (exact) mass is 350 g/mol. The van der Waals surface area contributed by atoms with Crippen molar-refractivity contribution in [1.29, 1.82) is 0 Å². The molecule has 23 heavy (non-hydrogen) atoms. The van der Waals surface area contributed by atoms with Crippen LogP contribution in [0.5, 0.6) is 0 Å². The molecule has 4 nitrogen and oxygen atoms in total. The second-order valence-electron chi connectivity index (χ2n) is 7.06. The zero-order valence-corrected chi connectivity index (χ0v) is 16.4. The lowest BCUT2D eigenvalue weighted by molar-refractivity contribution is 0.187. The average molecular weight is 351 g/mol. The van der Waals surface area contributed by atoms with E-state index in [0.717, 1.165) is 38.0 Å². The molecule has 0 rings (SSSR count). The Hall–Kier alpha value is -0.130. The maximum absolute atomic E-state index is 10.8. The maximum atomic E-state index is 10.8. The quantitative estimate of drug-likeness (QED) is 0.307. The van der Waals surface area contributed by atoms with Crippen LogP contribution in [0.15, 0.2) is 0 Å². The van der Waals surface area contributed by atoms with Crippen LogP contribution in [-0.2, 0) is 14.6 Å². The van der Waals surface area contributed by atoms with Gasteiger partial charge in [0, 0.05) is 0 Å². The molecular weight excluding hydrogens is 312 g/mol. The Labute approximate surface area is 144 Å². The van der Waals surface area contributed by atoms with E-state index < -0.39 is 10.4 Å². The van der Waals surface area contributed by atoms with E-state index in [0.29, 0.717) is 5.92 Å². The van der Waals surface area contributed by atoms with Gasteiger partial charge < -0.3 is 0 Å². The molecule has 1 N–H and O–H groups in total. The zero-order valence-electron chi connectivity index (χ0n) is 15.6. The topological polar surface area (TPSA) is 63.6 Å². The minimum absolute atomic E-state index is 0.115. The van der Waals surface area contributed by atoms with Crippen molar-refractivity contribution in [2.45, 2.75) is 91.9 Å². The SMILES string of the molecule is CCCC(C)CCCCC(COS(=O)(=O)O)CC(CC)CCC. The van der Waals surface area contributed by atoms with Crippen LogP contribution in [0.2, 0.25) is 0 Å². The number of hydrogen-bond donors (Lipinski definition) is 1. The summed E-state index contributed by atoms with van der Waals surface area (Å²) in [6, 6.07) is 0. The Morgan fingerprint density at radius 1 is 0.913 bits per heavy atom. The van der Waals surface area contributed by atoms with Crippen LogP contribution in [0, 0.1) is 17.8 Å². The molecule has 0 spiro atoms. The molecular formula is C18H38O4S. The summed E-state index contributed by atoms with van der Waals surface area (Å²) in [6.45, 7) is 9.01. The summed E-state index contributed by atoms with van der Waals surface area (Å²) in [4.78, 5) is 0. The zero-order chi connectivity index (χ0) is 17.7. The lowest BCUT2D eigenvalue weighted by Crippen LogP contribution is -2.17. The van der Waals surface area contributed by atoms with E-state index in [4.69, 9.17) is 4.55 Å². The summed E-state index contributed by atoms with van der Waals surface area (Å²) in [5.74, 6) is 1.61. The van der Waals surface area contributed by atoms with Crippen LogP contribution in [0.1, 0.15) is 91.9 Å². The Morgan fingerprint density at radius 3 is 2.04 bits per heavy atom. The third kappa shape index (κ3) is 14.0. The maximum Gasteiger partial charge on any atom is 0.397 e. The van der Waals surface area contributed by atoms with E-state index in [2.05, 4.69) is 31.9 Å². The fourth-order valence-corrected chi connectivity index (χ4v) is 3.75. The highest BCUT2D eigenvalue weighted by Gasteiger charge is 2.18. The molecule has 0 fully saturated rings. The third-order valence-corrected chi connectivity index (χ3v) is 5.17. The van der Waals surface area contributed by atoms with Crippen molar-refractivity contribution >= 4 is 10.4 Å². The predicted octanol–water partition coefficient (Wildman–Crippen LogP) is 5.64. The van der Waals surface area contributed by atoms with Gasteiger partial charge >= 0.3 is 10.4 Å². The van der Waals surface area contributed by atoms with Gasteiger partial charge in [-0.1, -0.05) is 79.1 Å². The van der Waals surface area contributed by atoms with Crippen LogP contribution in [-0.4, -0.2) is 19.6 Å². The Bertz CT molecular complexity index is 367. The van der Waals surface area contributed by atoms with Crippen molar-refractivity contribution in [2.24, 2.45) is 17.8 Å². The molecule has 0 aliphatic carbocycles. The summed E-state index contributed by atoms with van der Waals surface area (Å²) in [5, 5.41) is 0. The van der Waals surface area contributed by atoms with Gasteiger partial charge in [0.1, 0.15) is 0 Å². The van der Waals surface area contributed by atoms with Crippen LogP contribution in [0.4, 0.5) is 0 Å². The first-order valence-electron chi connectivity index (χ1n) is 9.44. The molecule has 0 aromatic heterocycles. The standard InChI is InChI=1S/C18H38O4S/c1-5-10-16(4)12-8-9-13-18(15-22-23(19,20)21)14-17(7-3)11-6-2/h16-18H,5-15H2,1-4H3,(H,19,20,21). The molecule has 0 aromatic carbocycles. The summed E-state index contributed by atoms with van der Waals surface area (Å²) >= 11 is 0. The highest BCUT2D eigenvalue weighted by atomic mass is 32.3. The molecule has 0 heterocycles. The van der Waals surface area contributed by atoms with E-state index in [1.807, 2.05) is 0 Å². The van der Waals surface area contributed by atoms with E-state index in [-0.39, 0.29) is 12.5 Å². The van der Waals surface area contributed by atoms with E-state index in [1.54, 1.807) is 0 Å². The fraction of sp³-hybridized carbons (Fsp3) is 1.00. The van der Waals surface area contributed by atoms with Gasteiger partial charge in [0.15, 0.2) is 0 Å². The molecule has 3 unspecified atom stereocenters. The number of rotatable bonds is 15. The van der Waals surface area contributed by atoms with Gasteiger partial charge in [-0.05, 0) is 30.6 Å². The van der Waals surface area contributed by atoms with Gasteiger partial charge in [-0.2, -0.15) is 8.42 Å². The van der Waals surface area contributed by atoms with E-state index >= 15 is 0 Å². The molecule has 0 aromatic rings. The van der Waals surface area contributed by atoms with Gasteiger partial charge in [-0.25, -0.2) is 4.18 Å². The minimum atomic E-state index is -4.33. The first-order chi connectivity index (χ1) is 10.8.